The number of urea groups is 1. The van der Waals surface area contributed by atoms with Crippen molar-refractivity contribution in [3.8, 4) is 0 Å². The van der Waals surface area contributed by atoms with E-state index in [0.29, 0.717) is 10.8 Å². The summed E-state index contributed by atoms with van der Waals surface area (Å²) >= 11 is 1.90. The van der Waals surface area contributed by atoms with Gasteiger partial charge in [-0.15, -0.1) is 0 Å². The van der Waals surface area contributed by atoms with Crippen LogP contribution in [-0.2, 0) is 0 Å². The van der Waals surface area contributed by atoms with Crippen molar-refractivity contribution in [3.05, 3.63) is 0 Å². The molecule has 2 rings (SSSR count). The van der Waals surface area contributed by atoms with E-state index in [0.717, 1.165) is 19.4 Å². The van der Waals surface area contributed by atoms with Gasteiger partial charge in [-0.05, 0) is 38.4 Å². The maximum atomic E-state index is 11.5. The number of amides is 2. The zero-order chi connectivity index (χ0) is 10.7. The first-order valence-corrected chi connectivity index (χ1v) is 7.06. The molecule has 0 aromatic carbocycles. The molecule has 2 amide bonds. The molecule has 86 valence electrons. The normalized spacial score (nSPS) is 23.8. The average Bonchev–Trinajstić information content (AvgIpc) is 2.10. The average molecular weight is 228 g/mol. The van der Waals surface area contributed by atoms with Crippen molar-refractivity contribution in [1.82, 2.24) is 10.6 Å². The highest BCUT2D eigenvalue weighted by atomic mass is 32.2. The van der Waals surface area contributed by atoms with Crippen molar-refractivity contribution in [1.29, 1.82) is 0 Å². The molecular weight excluding hydrogens is 208 g/mol. The van der Waals surface area contributed by atoms with Crippen LogP contribution in [0.5, 0.6) is 0 Å². The van der Waals surface area contributed by atoms with Crippen LogP contribution in [0.3, 0.4) is 0 Å². The predicted molar refractivity (Wildman–Crippen MR) is 64.3 cm³/mol. The summed E-state index contributed by atoms with van der Waals surface area (Å²) in [5.41, 5.74) is 0. The SMILES string of the molecule is CSC1(CNC(=O)NC2CCC2)CCC1. The van der Waals surface area contributed by atoms with Gasteiger partial charge in [0.2, 0.25) is 0 Å². The Morgan fingerprint density at radius 2 is 2.13 bits per heavy atom. The fraction of sp³-hybridized carbons (Fsp3) is 0.909. The van der Waals surface area contributed by atoms with Gasteiger partial charge in [0.25, 0.3) is 0 Å². The minimum absolute atomic E-state index is 0.0278. The molecule has 0 spiro atoms. The lowest BCUT2D eigenvalue weighted by Crippen LogP contribution is -2.51. The number of carbonyl (C=O) groups is 1. The molecule has 0 aromatic rings. The number of hydrogen-bond donors (Lipinski definition) is 2. The van der Waals surface area contributed by atoms with Crippen molar-refractivity contribution < 1.29 is 4.79 Å². The number of rotatable bonds is 4. The second-order valence-corrected chi connectivity index (χ2v) is 5.97. The van der Waals surface area contributed by atoms with E-state index >= 15 is 0 Å². The van der Waals surface area contributed by atoms with Gasteiger partial charge in [-0.3, -0.25) is 0 Å². The standard InChI is InChI=1S/C11H20N2OS/c1-15-11(6-3-7-11)8-12-10(14)13-9-4-2-5-9/h9H,2-8H2,1H3,(H2,12,13,14). The van der Waals surface area contributed by atoms with Crippen LogP contribution < -0.4 is 10.6 Å². The number of carbonyl (C=O) groups excluding carboxylic acids is 1. The first-order valence-electron chi connectivity index (χ1n) is 5.84. The summed E-state index contributed by atoms with van der Waals surface area (Å²) in [5.74, 6) is 0. The van der Waals surface area contributed by atoms with Crippen molar-refractivity contribution in [2.24, 2.45) is 0 Å². The number of thioether (sulfide) groups is 1. The fourth-order valence-electron chi connectivity index (χ4n) is 2.05. The van der Waals surface area contributed by atoms with Crippen LogP contribution in [0.4, 0.5) is 4.79 Å². The largest absolute Gasteiger partial charge is 0.337 e. The Balaban J connectivity index is 1.65. The lowest BCUT2D eigenvalue weighted by atomic mass is 9.84. The van der Waals surface area contributed by atoms with Crippen molar-refractivity contribution >= 4 is 17.8 Å². The molecule has 2 N–H and O–H groups in total. The summed E-state index contributed by atoms with van der Waals surface area (Å²) in [6.07, 6.45) is 9.52. The Morgan fingerprint density at radius 1 is 1.40 bits per heavy atom. The van der Waals surface area contributed by atoms with Gasteiger partial charge in [0.15, 0.2) is 0 Å². The highest BCUT2D eigenvalue weighted by Gasteiger charge is 2.36. The number of nitrogens with one attached hydrogen (secondary N) is 2. The summed E-state index contributed by atoms with van der Waals surface area (Å²) in [7, 11) is 0. The molecule has 4 heteroatoms. The second kappa shape index (κ2) is 4.64. The maximum Gasteiger partial charge on any atom is 0.315 e. The highest BCUT2D eigenvalue weighted by molar-refractivity contribution is 8.00. The van der Waals surface area contributed by atoms with E-state index in [2.05, 4.69) is 16.9 Å². The Labute approximate surface area is 95.8 Å². The summed E-state index contributed by atoms with van der Waals surface area (Å²) in [6, 6.07) is 0.469. The van der Waals surface area contributed by atoms with Crippen LogP contribution in [-0.4, -0.2) is 29.6 Å². The van der Waals surface area contributed by atoms with E-state index in [-0.39, 0.29) is 6.03 Å². The van der Waals surface area contributed by atoms with Crippen molar-refractivity contribution in [3.63, 3.8) is 0 Å². The minimum atomic E-state index is 0.0278. The lowest BCUT2D eigenvalue weighted by Gasteiger charge is -2.40. The fourth-order valence-corrected chi connectivity index (χ4v) is 2.97. The third-order valence-electron chi connectivity index (χ3n) is 3.71. The molecule has 0 atom stereocenters. The van der Waals surface area contributed by atoms with Crippen LogP contribution >= 0.6 is 11.8 Å². The minimum Gasteiger partial charge on any atom is -0.337 e. The molecule has 2 aliphatic rings. The van der Waals surface area contributed by atoms with Gasteiger partial charge in [0.05, 0.1) is 0 Å². The zero-order valence-corrected chi connectivity index (χ0v) is 10.2. The zero-order valence-electron chi connectivity index (χ0n) is 9.34. The van der Waals surface area contributed by atoms with E-state index in [1.165, 1.54) is 25.7 Å². The molecule has 0 aliphatic heterocycles. The Hall–Kier alpha value is -0.380. The highest BCUT2D eigenvalue weighted by Crippen LogP contribution is 2.42. The predicted octanol–water partition coefficient (Wildman–Crippen LogP) is 2.12. The van der Waals surface area contributed by atoms with Crippen molar-refractivity contribution in [2.45, 2.75) is 49.3 Å². The number of hydrogen-bond acceptors (Lipinski definition) is 2. The smallest absolute Gasteiger partial charge is 0.315 e. The summed E-state index contributed by atoms with van der Waals surface area (Å²) in [6.45, 7) is 0.826. The molecule has 0 bridgehead atoms. The Kier molecular flexibility index (Phi) is 3.44. The quantitative estimate of drug-likeness (QED) is 0.774. The van der Waals surface area contributed by atoms with Crippen LogP contribution in [0.1, 0.15) is 38.5 Å². The molecule has 15 heavy (non-hydrogen) atoms. The molecule has 3 nitrogen and oxygen atoms in total. The van der Waals surface area contributed by atoms with E-state index in [1.807, 2.05) is 11.8 Å². The Morgan fingerprint density at radius 3 is 2.53 bits per heavy atom. The molecule has 0 saturated heterocycles. The van der Waals surface area contributed by atoms with Gasteiger partial charge in [-0.2, -0.15) is 11.8 Å². The van der Waals surface area contributed by atoms with Crippen LogP contribution in [0.15, 0.2) is 0 Å². The van der Waals surface area contributed by atoms with Crippen LogP contribution in [0.25, 0.3) is 0 Å². The van der Waals surface area contributed by atoms with Crippen LogP contribution in [0, 0.1) is 0 Å². The van der Waals surface area contributed by atoms with Gasteiger partial charge in [0.1, 0.15) is 0 Å². The molecule has 2 aliphatic carbocycles. The molecule has 0 unspecified atom stereocenters. The van der Waals surface area contributed by atoms with E-state index in [9.17, 15) is 4.79 Å². The molecule has 0 radical (unpaired) electrons. The maximum absolute atomic E-state index is 11.5. The van der Waals surface area contributed by atoms with Gasteiger partial charge in [-0.25, -0.2) is 4.79 Å². The molecule has 2 fully saturated rings. The molecule has 2 saturated carbocycles. The summed E-state index contributed by atoms with van der Waals surface area (Å²) < 4.78 is 0.344. The topological polar surface area (TPSA) is 41.1 Å². The third kappa shape index (κ3) is 2.60. The van der Waals surface area contributed by atoms with Gasteiger partial charge in [-0.1, -0.05) is 6.42 Å². The monoisotopic (exact) mass is 228 g/mol. The lowest BCUT2D eigenvalue weighted by molar-refractivity contribution is 0.224. The molecular formula is C11H20N2OS. The van der Waals surface area contributed by atoms with E-state index in [1.54, 1.807) is 0 Å². The Bertz CT molecular complexity index is 231. The van der Waals surface area contributed by atoms with Gasteiger partial charge >= 0.3 is 6.03 Å². The molecule has 0 aromatic heterocycles. The second-order valence-electron chi connectivity index (χ2n) is 4.70. The van der Waals surface area contributed by atoms with Gasteiger partial charge < -0.3 is 10.6 Å². The van der Waals surface area contributed by atoms with E-state index in [4.69, 9.17) is 0 Å². The molecule has 0 heterocycles. The van der Waals surface area contributed by atoms with Gasteiger partial charge in [0, 0.05) is 17.3 Å². The summed E-state index contributed by atoms with van der Waals surface area (Å²) in [5, 5.41) is 6.01. The van der Waals surface area contributed by atoms with E-state index < -0.39 is 0 Å². The van der Waals surface area contributed by atoms with Crippen molar-refractivity contribution in [2.75, 3.05) is 12.8 Å². The first kappa shape index (κ1) is 11.1. The van der Waals surface area contributed by atoms with Crippen LogP contribution in [0.2, 0.25) is 0 Å². The summed E-state index contributed by atoms with van der Waals surface area (Å²) in [4.78, 5) is 11.5. The first-order chi connectivity index (χ1) is 7.24. The third-order valence-corrected chi connectivity index (χ3v) is 5.13.